The highest BCUT2D eigenvalue weighted by molar-refractivity contribution is 5.74. The minimum absolute atomic E-state index is 0.210. The maximum absolute atomic E-state index is 10.7. The molecule has 0 rings (SSSR count). The standard InChI is InChI=1S/C7H11NO3/c1-6(5-8)7(9)11-4-3-10-2/h6H,3-4H2,1-2H3. The number of methoxy groups -OCH3 is 1. The summed E-state index contributed by atoms with van der Waals surface area (Å²) in [6, 6.07) is 1.78. The lowest BCUT2D eigenvalue weighted by molar-refractivity contribution is -0.147. The van der Waals surface area contributed by atoms with Crippen molar-refractivity contribution < 1.29 is 14.3 Å². The highest BCUT2D eigenvalue weighted by atomic mass is 16.6. The summed E-state index contributed by atoms with van der Waals surface area (Å²) in [4.78, 5) is 10.7. The second kappa shape index (κ2) is 5.69. The number of hydrogen-bond acceptors (Lipinski definition) is 4. The highest BCUT2D eigenvalue weighted by Crippen LogP contribution is 1.94. The first-order valence-electron chi connectivity index (χ1n) is 3.27. The Morgan fingerprint density at radius 2 is 2.27 bits per heavy atom. The second-order valence-electron chi connectivity index (χ2n) is 2.01. The van der Waals surface area contributed by atoms with Crippen LogP contribution in [0.3, 0.4) is 0 Å². The molecular formula is C7H11NO3. The summed E-state index contributed by atoms with van der Waals surface area (Å²) in [6.45, 7) is 2.07. The maximum atomic E-state index is 10.7. The molecule has 0 aromatic rings. The maximum Gasteiger partial charge on any atom is 0.323 e. The van der Waals surface area contributed by atoms with Gasteiger partial charge in [0.1, 0.15) is 12.5 Å². The Morgan fingerprint density at radius 3 is 2.73 bits per heavy atom. The number of ether oxygens (including phenoxy) is 2. The third-order valence-electron chi connectivity index (χ3n) is 1.08. The summed E-state index contributed by atoms with van der Waals surface area (Å²) < 4.78 is 9.29. The predicted molar refractivity (Wildman–Crippen MR) is 37.6 cm³/mol. The van der Waals surface area contributed by atoms with Gasteiger partial charge in [0.15, 0.2) is 0 Å². The number of nitriles is 1. The lowest BCUT2D eigenvalue weighted by Crippen LogP contribution is -2.15. The van der Waals surface area contributed by atoms with Crippen LogP contribution in [0.4, 0.5) is 0 Å². The van der Waals surface area contributed by atoms with Crippen molar-refractivity contribution in [3.05, 3.63) is 0 Å². The molecule has 0 fully saturated rings. The van der Waals surface area contributed by atoms with E-state index in [1.807, 2.05) is 0 Å². The van der Waals surface area contributed by atoms with Gasteiger partial charge in [-0.1, -0.05) is 0 Å². The topological polar surface area (TPSA) is 59.3 Å². The number of esters is 1. The monoisotopic (exact) mass is 157 g/mol. The number of rotatable bonds is 4. The first-order valence-corrected chi connectivity index (χ1v) is 3.27. The Balaban J connectivity index is 3.46. The normalized spacial score (nSPS) is 11.7. The van der Waals surface area contributed by atoms with Crippen molar-refractivity contribution >= 4 is 5.97 Å². The molecule has 0 heterocycles. The van der Waals surface area contributed by atoms with Gasteiger partial charge in [0.05, 0.1) is 12.7 Å². The molecule has 0 spiro atoms. The van der Waals surface area contributed by atoms with Gasteiger partial charge in [-0.2, -0.15) is 5.26 Å². The van der Waals surface area contributed by atoms with Gasteiger partial charge in [0, 0.05) is 7.11 Å². The van der Waals surface area contributed by atoms with E-state index in [1.54, 1.807) is 6.07 Å². The molecule has 0 bridgehead atoms. The van der Waals surface area contributed by atoms with Crippen molar-refractivity contribution in [3.8, 4) is 6.07 Å². The van der Waals surface area contributed by atoms with Gasteiger partial charge >= 0.3 is 5.97 Å². The van der Waals surface area contributed by atoms with Crippen LogP contribution >= 0.6 is 0 Å². The molecule has 1 unspecified atom stereocenters. The average molecular weight is 157 g/mol. The van der Waals surface area contributed by atoms with Crippen molar-refractivity contribution in [1.29, 1.82) is 5.26 Å². The van der Waals surface area contributed by atoms with E-state index in [2.05, 4.69) is 9.47 Å². The minimum atomic E-state index is -0.688. The van der Waals surface area contributed by atoms with Gasteiger partial charge < -0.3 is 9.47 Å². The molecule has 0 radical (unpaired) electrons. The van der Waals surface area contributed by atoms with E-state index in [-0.39, 0.29) is 6.61 Å². The molecule has 0 aromatic heterocycles. The van der Waals surface area contributed by atoms with E-state index in [4.69, 9.17) is 5.26 Å². The van der Waals surface area contributed by atoms with E-state index in [1.165, 1.54) is 14.0 Å². The summed E-state index contributed by atoms with van der Waals surface area (Å²) in [5, 5.41) is 8.28. The van der Waals surface area contributed by atoms with Gasteiger partial charge in [-0.3, -0.25) is 4.79 Å². The van der Waals surface area contributed by atoms with Crippen LogP contribution < -0.4 is 0 Å². The lowest BCUT2D eigenvalue weighted by atomic mass is 10.2. The van der Waals surface area contributed by atoms with Crippen molar-refractivity contribution in [2.75, 3.05) is 20.3 Å². The summed E-state index contributed by atoms with van der Waals surface area (Å²) in [5.41, 5.74) is 0. The molecule has 0 amide bonds. The van der Waals surface area contributed by atoms with E-state index >= 15 is 0 Å². The third-order valence-corrected chi connectivity index (χ3v) is 1.08. The molecule has 0 aliphatic rings. The molecule has 4 heteroatoms. The van der Waals surface area contributed by atoms with Crippen LogP contribution in [0.2, 0.25) is 0 Å². The molecule has 0 saturated carbocycles. The zero-order chi connectivity index (χ0) is 8.69. The van der Waals surface area contributed by atoms with Crippen molar-refractivity contribution in [2.45, 2.75) is 6.92 Å². The lowest BCUT2D eigenvalue weighted by Gasteiger charge is -2.03. The van der Waals surface area contributed by atoms with Crippen LogP contribution in [-0.2, 0) is 14.3 Å². The number of carbonyl (C=O) groups excluding carboxylic acids is 1. The zero-order valence-electron chi connectivity index (χ0n) is 6.66. The van der Waals surface area contributed by atoms with Crippen LogP contribution in [0.25, 0.3) is 0 Å². The fraction of sp³-hybridized carbons (Fsp3) is 0.714. The average Bonchev–Trinajstić information content (AvgIpc) is 2.03. The Morgan fingerprint density at radius 1 is 1.64 bits per heavy atom. The molecular weight excluding hydrogens is 146 g/mol. The zero-order valence-corrected chi connectivity index (χ0v) is 6.66. The van der Waals surface area contributed by atoms with Crippen LogP contribution in [0.15, 0.2) is 0 Å². The number of carbonyl (C=O) groups is 1. The molecule has 4 nitrogen and oxygen atoms in total. The Hall–Kier alpha value is -1.08. The first kappa shape index (κ1) is 9.92. The molecule has 0 aliphatic heterocycles. The van der Waals surface area contributed by atoms with Gasteiger partial charge in [0.2, 0.25) is 0 Å². The molecule has 1 atom stereocenters. The van der Waals surface area contributed by atoms with Crippen molar-refractivity contribution in [1.82, 2.24) is 0 Å². The van der Waals surface area contributed by atoms with Gasteiger partial charge in [-0.15, -0.1) is 0 Å². The van der Waals surface area contributed by atoms with E-state index in [9.17, 15) is 4.79 Å². The largest absolute Gasteiger partial charge is 0.462 e. The highest BCUT2D eigenvalue weighted by Gasteiger charge is 2.11. The van der Waals surface area contributed by atoms with Crippen molar-refractivity contribution in [2.24, 2.45) is 5.92 Å². The minimum Gasteiger partial charge on any atom is -0.462 e. The summed E-state index contributed by atoms with van der Waals surface area (Å²) in [6.07, 6.45) is 0. The Kier molecular flexibility index (Phi) is 5.13. The van der Waals surface area contributed by atoms with E-state index in [0.29, 0.717) is 6.61 Å². The molecule has 0 N–H and O–H groups in total. The second-order valence-corrected chi connectivity index (χ2v) is 2.01. The molecule has 0 aliphatic carbocycles. The van der Waals surface area contributed by atoms with Gasteiger partial charge in [0.25, 0.3) is 0 Å². The molecule has 0 saturated heterocycles. The van der Waals surface area contributed by atoms with E-state index in [0.717, 1.165) is 0 Å². The van der Waals surface area contributed by atoms with Crippen molar-refractivity contribution in [3.63, 3.8) is 0 Å². The molecule has 11 heavy (non-hydrogen) atoms. The summed E-state index contributed by atoms with van der Waals surface area (Å²) >= 11 is 0. The van der Waals surface area contributed by atoms with Crippen LogP contribution in [0.5, 0.6) is 0 Å². The van der Waals surface area contributed by atoms with E-state index < -0.39 is 11.9 Å². The third kappa shape index (κ3) is 4.34. The SMILES string of the molecule is COCCOC(=O)C(C)C#N. The predicted octanol–water partition coefficient (Wildman–Crippen LogP) is 0.336. The van der Waals surface area contributed by atoms with Crippen LogP contribution in [-0.4, -0.2) is 26.3 Å². The molecule has 0 aromatic carbocycles. The quantitative estimate of drug-likeness (QED) is 0.436. The summed E-state index contributed by atoms with van der Waals surface area (Å²) in [7, 11) is 1.52. The van der Waals surface area contributed by atoms with Gasteiger partial charge in [-0.05, 0) is 6.92 Å². The smallest absolute Gasteiger partial charge is 0.323 e. The molecule has 62 valence electrons. The Labute approximate surface area is 65.7 Å². The first-order chi connectivity index (χ1) is 5.22. The van der Waals surface area contributed by atoms with Crippen LogP contribution in [0.1, 0.15) is 6.92 Å². The fourth-order valence-corrected chi connectivity index (χ4v) is 0.403. The van der Waals surface area contributed by atoms with Crippen LogP contribution in [0, 0.1) is 17.2 Å². The Bertz CT molecular complexity index is 162. The van der Waals surface area contributed by atoms with Gasteiger partial charge in [-0.25, -0.2) is 0 Å². The summed E-state index contributed by atoms with van der Waals surface area (Å²) in [5.74, 6) is -1.18. The number of hydrogen-bond donors (Lipinski definition) is 0. The number of nitrogens with zero attached hydrogens (tertiary/aromatic N) is 1. The fourth-order valence-electron chi connectivity index (χ4n) is 0.403.